The van der Waals surface area contributed by atoms with Crippen molar-refractivity contribution in [1.29, 1.82) is 0 Å². The van der Waals surface area contributed by atoms with Gasteiger partial charge in [-0.3, -0.25) is 10.1 Å². The van der Waals surface area contributed by atoms with E-state index in [-0.39, 0.29) is 18.2 Å². The Morgan fingerprint density at radius 1 is 1.16 bits per heavy atom. The van der Waals surface area contributed by atoms with Gasteiger partial charge in [-0.1, -0.05) is 30.3 Å². The molecule has 0 spiro atoms. The molecule has 2 N–H and O–H groups in total. The largest absolute Gasteiger partial charge is 0.489 e. The zero-order valence-corrected chi connectivity index (χ0v) is 17.5. The van der Waals surface area contributed by atoms with Gasteiger partial charge in [-0.2, -0.15) is 0 Å². The molecule has 166 valence electrons. The van der Waals surface area contributed by atoms with Gasteiger partial charge in [-0.05, 0) is 43.0 Å². The van der Waals surface area contributed by atoms with Gasteiger partial charge in [-0.25, -0.2) is 13.6 Å². The van der Waals surface area contributed by atoms with Crippen molar-refractivity contribution in [1.82, 2.24) is 10.6 Å². The molecule has 3 amide bonds. The average Bonchev–Trinajstić information content (AvgIpc) is 2.73. The summed E-state index contributed by atoms with van der Waals surface area (Å²) in [6, 6.07) is 11.0. The quantitative estimate of drug-likeness (QED) is 0.714. The van der Waals surface area contributed by atoms with Gasteiger partial charge in [0.2, 0.25) is 0 Å². The number of urea groups is 1. The van der Waals surface area contributed by atoms with Crippen LogP contribution in [0.1, 0.15) is 46.8 Å². The van der Waals surface area contributed by atoms with Crippen molar-refractivity contribution in [2.75, 3.05) is 13.2 Å². The molecule has 1 fully saturated rings. The van der Waals surface area contributed by atoms with Gasteiger partial charge >= 0.3 is 6.03 Å². The number of carbonyl (C=O) groups is 2. The molecule has 2 aromatic rings. The van der Waals surface area contributed by atoms with Crippen LogP contribution in [0.5, 0.6) is 5.75 Å². The Kier molecular flexibility index (Phi) is 7.22. The van der Waals surface area contributed by atoms with Crippen molar-refractivity contribution in [3.8, 4) is 5.75 Å². The van der Waals surface area contributed by atoms with E-state index in [0.717, 1.165) is 5.56 Å². The van der Waals surface area contributed by atoms with Crippen LogP contribution in [0.3, 0.4) is 0 Å². The zero-order valence-electron chi connectivity index (χ0n) is 17.5. The summed E-state index contributed by atoms with van der Waals surface area (Å²) < 4.78 is 39.4. The van der Waals surface area contributed by atoms with Crippen LogP contribution in [0.4, 0.5) is 13.6 Å². The van der Waals surface area contributed by atoms with E-state index in [1.54, 1.807) is 6.92 Å². The lowest BCUT2D eigenvalue weighted by atomic mass is 9.98. The summed E-state index contributed by atoms with van der Waals surface area (Å²) in [4.78, 5) is 24.9. The molecule has 2 aromatic carbocycles. The summed E-state index contributed by atoms with van der Waals surface area (Å²) in [5.74, 6) is -3.88. The van der Waals surface area contributed by atoms with E-state index in [1.165, 1.54) is 12.1 Å². The number of hydrogen-bond acceptors (Lipinski definition) is 4. The summed E-state index contributed by atoms with van der Waals surface area (Å²) in [5, 5.41) is 4.84. The van der Waals surface area contributed by atoms with Crippen molar-refractivity contribution >= 4 is 11.9 Å². The standard InChI is InChI=1S/C23H26F2N2O4/c1-15-12-19(23(2,24)25)18(13-20(15)31-14-16-6-4-3-5-7-16)21(28)27-22(29)26-17-8-10-30-11-9-17/h3-7,12-13,17H,8-11,14H2,1-2H3,(H2,26,27,28,29). The molecule has 0 saturated carbocycles. The summed E-state index contributed by atoms with van der Waals surface area (Å²) in [6.45, 7) is 3.60. The zero-order chi connectivity index (χ0) is 22.4. The number of halogens is 2. The third-order valence-electron chi connectivity index (χ3n) is 5.05. The minimum Gasteiger partial charge on any atom is -0.489 e. The first kappa shape index (κ1) is 22.7. The van der Waals surface area contributed by atoms with Crippen LogP contribution in [-0.4, -0.2) is 31.2 Å². The van der Waals surface area contributed by atoms with E-state index < -0.39 is 23.4 Å². The molecule has 0 aliphatic carbocycles. The first-order valence-electron chi connectivity index (χ1n) is 10.1. The van der Waals surface area contributed by atoms with Crippen LogP contribution < -0.4 is 15.4 Å². The molecule has 0 aromatic heterocycles. The second-order valence-electron chi connectivity index (χ2n) is 7.64. The molecule has 1 saturated heterocycles. The summed E-state index contributed by atoms with van der Waals surface area (Å²) >= 11 is 0. The molecular formula is C23H26F2N2O4. The second kappa shape index (κ2) is 9.87. The smallest absolute Gasteiger partial charge is 0.321 e. The molecule has 3 rings (SSSR count). The van der Waals surface area contributed by atoms with Crippen molar-refractivity contribution in [3.63, 3.8) is 0 Å². The molecular weight excluding hydrogens is 406 g/mol. The predicted molar refractivity (Wildman–Crippen MR) is 111 cm³/mol. The number of hydrogen-bond donors (Lipinski definition) is 2. The van der Waals surface area contributed by atoms with E-state index >= 15 is 0 Å². The lowest BCUT2D eigenvalue weighted by Gasteiger charge is -2.23. The van der Waals surface area contributed by atoms with Crippen molar-refractivity contribution < 1.29 is 27.8 Å². The van der Waals surface area contributed by atoms with Crippen LogP contribution in [-0.2, 0) is 17.3 Å². The summed E-state index contributed by atoms with van der Waals surface area (Å²) in [5.41, 5.74) is 0.598. The van der Waals surface area contributed by atoms with Crippen LogP contribution in [0.2, 0.25) is 0 Å². The number of aryl methyl sites for hydroxylation is 1. The number of imide groups is 1. The highest BCUT2D eigenvalue weighted by atomic mass is 19.3. The van der Waals surface area contributed by atoms with Gasteiger partial charge in [0, 0.05) is 31.7 Å². The number of rotatable bonds is 6. The molecule has 8 heteroatoms. The number of carbonyl (C=O) groups excluding carboxylic acids is 2. The van der Waals surface area contributed by atoms with Gasteiger partial charge in [0.15, 0.2) is 0 Å². The molecule has 31 heavy (non-hydrogen) atoms. The number of nitrogens with one attached hydrogen (secondary N) is 2. The van der Waals surface area contributed by atoms with E-state index in [2.05, 4.69) is 10.6 Å². The number of ether oxygens (including phenoxy) is 2. The van der Waals surface area contributed by atoms with Crippen molar-refractivity contribution in [2.24, 2.45) is 0 Å². The normalized spacial score (nSPS) is 14.7. The minimum absolute atomic E-state index is 0.128. The molecule has 6 nitrogen and oxygen atoms in total. The Bertz CT molecular complexity index is 923. The van der Waals surface area contributed by atoms with Crippen LogP contribution in [0.15, 0.2) is 42.5 Å². The van der Waals surface area contributed by atoms with Crippen LogP contribution in [0, 0.1) is 6.92 Å². The molecule has 0 radical (unpaired) electrons. The van der Waals surface area contributed by atoms with E-state index in [9.17, 15) is 18.4 Å². The molecule has 0 atom stereocenters. The second-order valence-corrected chi connectivity index (χ2v) is 7.64. The number of amides is 3. The minimum atomic E-state index is -3.27. The summed E-state index contributed by atoms with van der Waals surface area (Å²) in [6.07, 6.45) is 1.25. The SMILES string of the molecule is Cc1cc(C(C)(F)F)c(C(=O)NC(=O)NC2CCOCC2)cc1OCc1ccccc1. The van der Waals surface area contributed by atoms with Gasteiger partial charge < -0.3 is 14.8 Å². The first-order chi connectivity index (χ1) is 14.7. The van der Waals surface area contributed by atoms with Gasteiger partial charge in [0.25, 0.3) is 11.8 Å². The molecule has 0 bridgehead atoms. The monoisotopic (exact) mass is 432 g/mol. The van der Waals surface area contributed by atoms with Gasteiger partial charge in [-0.15, -0.1) is 0 Å². The maximum absolute atomic E-state index is 14.2. The number of benzene rings is 2. The fourth-order valence-electron chi connectivity index (χ4n) is 3.36. The lowest BCUT2D eigenvalue weighted by molar-refractivity contribution is 0.0162. The Hall–Kier alpha value is -3.00. The van der Waals surface area contributed by atoms with E-state index in [4.69, 9.17) is 9.47 Å². The van der Waals surface area contributed by atoms with Crippen molar-refractivity contribution in [2.45, 2.75) is 45.3 Å². The van der Waals surface area contributed by atoms with Gasteiger partial charge in [0.1, 0.15) is 12.4 Å². The Morgan fingerprint density at radius 2 is 1.84 bits per heavy atom. The Morgan fingerprint density at radius 3 is 2.48 bits per heavy atom. The molecule has 1 aliphatic rings. The molecule has 1 aliphatic heterocycles. The van der Waals surface area contributed by atoms with Crippen LogP contribution in [0.25, 0.3) is 0 Å². The topological polar surface area (TPSA) is 76.7 Å². The lowest BCUT2D eigenvalue weighted by Crippen LogP contribution is -2.46. The maximum Gasteiger partial charge on any atom is 0.321 e. The maximum atomic E-state index is 14.2. The Balaban J connectivity index is 1.78. The highest BCUT2D eigenvalue weighted by Crippen LogP contribution is 2.34. The third kappa shape index (κ3) is 6.24. The van der Waals surface area contributed by atoms with E-state index in [0.29, 0.717) is 44.3 Å². The fraction of sp³-hybridized carbons (Fsp3) is 0.391. The number of alkyl halides is 2. The van der Waals surface area contributed by atoms with Crippen molar-refractivity contribution in [3.05, 3.63) is 64.7 Å². The highest BCUT2D eigenvalue weighted by Gasteiger charge is 2.32. The molecule has 1 heterocycles. The average molecular weight is 432 g/mol. The molecule has 0 unspecified atom stereocenters. The fourth-order valence-corrected chi connectivity index (χ4v) is 3.36. The van der Waals surface area contributed by atoms with Gasteiger partial charge in [0.05, 0.1) is 5.56 Å². The van der Waals surface area contributed by atoms with Crippen LogP contribution >= 0.6 is 0 Å². The Labute approximate surface area is 179 Å². The first-order valence-corrected chi connectivity index (χ1v) is 10.1. The highest BCUT2D eigenvalue weighted by molar-refractivity contribution is 6.05. The third-order valence-corrected chi connectivity index (χ3v) is 5.05. The predicted octanol–water partition coefficient (Wildman–Crippen LogP) is 4.30. The van der Waals surface area contributed by atoms with E-state index in [1.807, 2.05) is 30.3 Å². The summed E-state index contributed by atoms with van der Waals surface area (Å²) in [7, 11) is 0.